The highest BCUT2D eigenvalue weighted by molar-refractivity contribution is 6.32. The number of carbonyl (C=O) groups excluding carboxylic acids is 1. The fraction of sp³-hybridized carbons (Fsp3) is 0.182. The summed E-state index contributed by atoms with van der Waals surface area (Å²) < 4.78 is 1.75. The molecule has 1 atom stereocenters. The van der Waals surface area contributed by atoms with E-state index in [2.05, 4.69) is 15.5 Å². The molecule has 88 valence electrons. The largest absolute Gasteiger partial charge is 0.325 e. The Morgan fingerprint density at radius 3 is 2.76 bits per heavy atom. The highest BCUT2D eigenvalue weighted by Crippen LogP contribution is 2.14. The first-order valence-corrected chi connectivity index (χ1v) is 5.50. The molecule has 1 heterocycles. The molecule has 0 saturated carbocycles. The van der Waals surface area contributed by atoms with Crippen LogP contribution in [-0.4, -0.2) is 26.0 Å². The molecule has 0 radical (unpaired) electrons. The third kappa shape index (κ3) is 2.82. The minimum atomic E-state index is -0.562. The molecule has 1 unspecified atom stereocenters. The van der Waals surface area contributed by atoms with Crippen molar-refractivity contribution in [3.05, 3.63) is 36.9 Å². The van der Waals surface area contributed by atoms with Gasteiger partial charge in [0.1, 0.15) is 18.0 Å². The maximum atomic E-state index is 11.4. The third-order valence-corrected chi connectivity index (χ3v) is 2.39. The maximum Gasteiger partial charge on any atom is 0.242 e. The molecule has 0 aliphatic carbocycles. The van der Waals surface area contributed by atoms with Gasteiger partial charge in [-0.1, -0.05) is 6.07 Å². The number of anilines is 1. The Bertz CT molecular complexity index is 510. The number of aromatic nitrogens is 3. The number of nitrogens with zero attached hydrogens (tertiary/aromatic N) is 3. The van der Waals surface area contributed by atoms with Gasteiger partial charge in [-0.05, 0) is 25.1 Å². The second-order valence-electron chi connectivity index (χ2n) is 3.52. The highest BCUT2D eigenvalue weighted by atomic mass is 35.5. The number of amides is 1. The van der Waals surface area contributed by atoms with Crippen molar-refractivity contribution in [2.24, 2.45) is 0 Å². The number of benzene rings is 1. The summed E-state index contributed by atoms with van der Waals surface area (Å²) in [6.07, 6.45) is 3.18. The van der Waals surface area contributed by atoms with Crippen molar-refractivity contribution in [3.8, 4) is 5.69 Å². The van der Waals surface area contributed by atoms with E-state index in [1.54, 1.807) is 30.2 Å². The standard InChI is InChI=1S/C11H11ClN4O/c1-8(12)11(17)15-9-3-2-4-10(5-9)16-6-13-14-7-16/h2-8H,1H3,(H,15,17). The lowest BCUT2D eigenvalue weighted by Crippen LogP contribution is -2.20. The molecule has 1 amide bonds. The van der Waals surface area contributed by atoms with Crippen molar-refractivity contribution < 1.29 is 4.79 Å². The van der Waals surface area contributed by atoms with E-state index in [0.717, 1.165) is 5.69 Å². The van der Waals surface area contributed by atoms with Gasteiger partial charge in [0.2, 0.25) is 5.91 Å². The molecule has 0 bridgehead atoms. The smallest absolute Gasteiger partial charge is 0.242 e. The highest BCUT2D eigenvalue weighted by Gasteiger charge is 2.09. The van der Waals surface area contributed by atoms with E-state index in [4.69, 9.17) is 11.6 Å². The van der Waals surface area contributed by atoms with Crippen LogP contribution in [0.3, 0.4) is 0 Å². The minimum absolute atomic E-state index is 0.229. The molecule has 0 saturated heterocycles. The zero-order valence-electron chi connectivity index (χ0n) is 9.17. The SMILES string of the molecule is CC(Cl)C(=O)Nc1cccc(-n2cnnc2)c1. The van der Waals surface area contributed by atoms with Crippen LogP contribution in [0.15, 0.2) is 36.9 Å². The Kier molecular flexibility index (Phi) is 3.39. The molecule has 0 spiro atoms. The molecule has 1 aromatic carbocycles. The third-order valence-electron chi connectivity index (χ3n) is 2.19. The zero-order valence-corrected chi connectivity index (χ0v) is 9.93. The lowest BCUT2D eigenvalue weighted by Gasteiger charge is -2.08. The number of carbonyl (C=O) groups is 1. The average Bonchev–Trinajstić information content (AvgIpc) is 2.82. The van der Waals surface area contributed by atoms with Crippen LogP contribution in [0.2, 0.25) is 0 Å². The van der Waals surface area contributed by atoms with Crippen molar-refractivity contribution in [2.45, 2.75) is 12.3 Å². The molecule has 0 aliphatic rings. The average molecular weight is 251 g/mol. The van der Waals surface area contributed by atoms with Gasteiger partial charge >= 0.3 is 0 Å². The monoisotopic (exact) mass is 250 g/mol. The maximum absolute atomic E-state index is 11.4. The van der Waals surface area contributed by atoms with E-state index in [1.807, 2.05) is 18.2 Å². The summed E-state index contributed by atoms with van der Waals surface area (Å²) in [5.74, 6) is -0.229. The fourth-order valence-corrected chi connectivity index (χ4v) is 1.37. The van der Waals surface area contributed by atoms with Crippen LogP contribution in [0.5, 0.6) is 0 Å². The van der Waals surface area contributed by atoms with Gasteiger partial charge in [-0.3, -0.25) is 9.36 Å². The topological polar surface area (TPSA) is 59.8 Å². The number of halogens is 1. The number of nitrogens with one attached hydrogen (secondary N) is 1. The van der Waals surface area contributed by atoms with Gasteiger partial charge in [-0.15, -0.1) is 21.8 Å². The predicted octanol–water partition coefficient (Wildman–Crippen LogP) is 1.83. The van der Waals surface area contributed by atoms with Crippen molar-refractivity contribution in [1.29, 1.82) is 0 Å². The van der Waals surface area contributed by atoms with Gasteiger partial charge < -0.3 is 5.32 Å². The van der Waals surface area contributed by atoms with Gasteiger partial charge in [0, 0.05) is 5.69 Å². The van der Waals surface area contributed by atoms with E-state index in [9.17, 15) is 4.79 Å². The van der Waals surface area contributed by atoms with Crippen molar-refractivity contribution >= 4 is 23.2 Å². The molecule has 1 N–H and O–H groups in total. The van der Waals surface area contributed by atoms with Gasteiger partial charge in [0.05, 0.1) is 5.69 Å². The van der Waals surface area contributed by atoms with Crippen LogP contribution in [0.25, 0.3) is 5.69 Å². The predicted molar refractivity (Wildman–Crippen MR) is 65.3 cm³/mol. The summed E-state index contributed by atoms with van der Waals surface area (Å²) in [4.78, 5) is 11.4. The van der Waals surface area contributed by atoms with E-state index >= 15 is 0 Å². The lowest BCUT2D eigenvalue weighted by atomic mass is 10.2. The van der Waals surface area contributed by atoms with Crippen LogP contribution in [0, 0.1) is 0 Å². The van der Waals surface area contributed by atoms with Crippen LogP contribution in [-0.2, 0) is 4.79 Å². The Morgan fingerprint density at radius 1 is 1.41 bits per heavy atom. The van der Waals surface area contributed by atoms with Crippen LogP contribution in [0.1, 0.15) is 6.92 Å². The molecule has 0 aliphatic heterocycles. The summed E-state index contributed by atoms with van der Waals surface area (Å²) in [5, 5.41) is 9.60. The van der Waals surface area contributed by atoms with E-state index in [-0.39, 0.29) is 5.91 Å². The second-order valence-corrected chi connectivity index (χ2v) is 4.18. The molecule has 2 rings (SSSR count). The van der Waals surface area contributed by atoms with E-state index in [0.29, 0.717) is 5.69 Å². The first-order chi connectivity index (χ1) is 8.16. The van der Waals surface area contributed by atoms with Crippen molar-refractivity contribution in [2.75, 3.05) is 5.32 Å². The summed E-state index contributed by atoms with van der Waals surface area (Å²) in [6.45, 7) is 1.63. The van der Waals surface area contributed by atoms with Gasteiger partial charge in [-0.2, -0.15) is 0 Å². The molecule has 0 fully saturated rings. The van der Waals surface area contributed by atoms with Gasteiger partial charge in [-0.25, -0.2) is 0 Å². The molecule has 17 heavy (non-hydrogen) atoms. The Morgan fingerprint density at radius 2 is 2.12 bits per heavy atom. The number of hydrogen-bond acceptors (Lipinski definition) is 3. The Balaban J connectivity index is 2.20. The van der Waals surface area contributed by atoms with Crippen LogP contribution < -0.4 is 5.32 Å². The molecular formula is C11H11ClN4O. The number of alkyl halides is 1. The van der Waals surface area contributed by atoms with Crippen LogP contribution in [0.4, 0.5) is 5.69 Å². The van der Waals surface area contributed by atoms with E-state index < -0.39 is 5.38 Å². The second kappa shape index (κ2) is 4.97. The van der Waals surface area contributed by atoms with Gasteiger partial charge in [0.15, 0.2) is 0 Å². The first-order valence-electron chi connectivity index (χ1n) is 5.07. The molecule has 5 nitrogen and oxygen atoms in total. The van der Waals surface area contributed by atoms with E-state index in [1.165, 1.54) is 0 Å². The minimum Gasteiger partial charge on any atom is -0.325 e. The van der Waals surface area contributed by atoms with Gasteiger partial charge in [0.25, 0.3) is 0 Å². The molecular weight excluding hydrogens is 240 g/mol. The lowest BCUT2D eigenvalue weighted by molar-refractivity contribution is -0.115. The van der Waals surface area contributed by atoms with Crippen LogP contribution >= 0.6 is 11.6 Å². The molecule has 1 aromatic heterocycles. The Labute approximate surface area is 103 Å². The quantitative estimate of drug-likeness (QED) is 0.846. The number of rotatable bonds is 3. The van der Waals surface area contributed by atoms with Crippen molar-refractivity contribution in [3.63, 3.8) is 0 Å². The summed E-state index contributed by atoms with van der Waals surface area (Å²) in [7, 11) is 0. The first kappa shape index (κ1) is 11.6. The molecule has 6 heteroatoms. The summed E-state index contributed by atoms with van der Waals surface area (Å²) in [6, 6.07) is 7.35. The van der Waals surface area contributed by atoms with Crippen molar-refractivity contribution in [1.82, 2.24) is 14.8 Å². The normalized spacial score (nSPS) is 12.1. The number of hydrogen-bond donors (Lipinski definition) is 1. The summed E-state index contributed by atoms with van der Waals surface area (Å²) >= 11 is 5.68. The fourth-order valence-electron chi connectivity index (χ4n) is 1.32. The Hall–Kier alpha value is -1.88. The summed E-state index contributed by atoms with van der Waals surface area (Å²) in [5.41, 5.74) is 1.56. The zero-order chi connectivity index (χ0) is 12.3. The molecule has 2 aromatic rings.